The van der Waals surface area contributed by atoms with Gasteiger partial charge in [-0.15, -0.1) is 22.7 Å². The summed E-state index contributed by atoms with van der Waals surface area (Å²) in [6.45, 7) is 0. The quantitative estimate of drug-likeness (QED) is 0.167. The molecule has 2 aromatic heterocycles. The maximum absolute atomic E-state index is 2.45. The lowest BCUT2D eigenvalue weighted by atomic mass is 9.82. The monoisotopic (exact) mass is 628 g/mol. The van der Waals surface area contributed by atoms with Crippen LogP contribution in [0.5, 0.6) is 0 Å². The van der Waals surface area contributed by atoms with E-state index in [9.17, 15) is 0 Å². The van der Waals surface area contributed by atoms with Gasteiger partial charge in [-0.3, -0.25) is 0 Å². The van der Waals surface area contributed by atoms with Gasteiger partial charge in [0, 0.05) is 40.3 Å². The van der Waals surface area contributed by atoms with Crippen LogP contribution < -0.4 is 5.46 Å². The molecule has 1 aliphatic rings. The Morgan fingerprint density at radius 1 is 0.340 bits per heavy atom. The van der Waals surface area contributed by atoms with Crippen LogP contribution in [0.25, 0.3) is 106 Å². The van der Waals surface area contributed by atoms with E-state index in [-0.39, 0.29) is 0 Å². The zero-order chi connectivity index (χ0) is 30.8. The summed E-state index contributed by atoms with van der Waals surface area (Å²) in [5.41, 5.74) is 12.0. The molecule has 0 aliphatic heterocycles. The van der Waals surface area contributed by atoms with E-state index in [4.69, 9.17) is 0 Å². The van der Waals surface area contributed by atoms with Crippen LogP contribution in [0.2, 0.25) is 0 Å². The number of rotatable bonds is 2. The summed E-state index contributed by atoms with van der Waals surface area (Å²) in [4.78, 5) is 0. The van der Waals surface area contributed by atoms with Gasteiger partial charge in [-0.2, -0.15) is 0 Å². The first kappa shape index (κ1) is 25.9. The van der Waals surface area contributed by atoms with Crippen molar-refractivity contribution in [2.45, 2.75) is 0 Å². The molecule has 0 saturated carbocycles. The first-order valence-corrected chi connectivity index (χ1v) is 17.8. The largest absolute Gasteiger partial charge is 0.140 e. The molecule has 47 heavy (non-hydrogen) atoms. The molecular formula is C44H25BS2. The minimum absolute atomic E-state index is 1.28. The predicted molar refractivity (Wildman–Crippen MR) is 211 cm³/mol. The van der Waals surface area contributed by atoms with Gasteiger partial charge in [0.05, 0.1) is 0 Å². The summed E-state index contributed by atoms with van der Waals surface area (Å²) in [6.07, 6.45) is 0. The minimum atomic E-state index is 1.28. The van der Waals surface area contributed by atoms with Gasteiger partial charge in [-0.05, 0) is 102 Å². The molecular weight excluding hydrogens is 603 g/mol. The molecule has 0 nitrogen and oxygen atoms in total. The lowest BCUT2D eigenvalue weighted by molar-refractivity contribution is 1.66. The van der Waals surface area contributed by atoms with Crippen molar-refractivity contribution in [1.82, 2.24) is 0 Å². The average Bonchev–Trinajstić information content (AvgIpc) is 3.78. The Morgan fingerprint density at radius 3 is 1.38 bits per heavy atom. The van der Waals surface area contributed by atoms with E-state index >= 15 is 0 Å². The Kier molecular flexibility index (Phi) is 5.19. The summed E-state index contributed by atoms with van der Waals surface area (Å²) < 4.78 is 5.36. The summed E-state index contributed by atoms with van der Waals surface area (Å²) in [5.74, 6) is 0. The predicted octanol–water partition coefficient (Wildman–Crippen LogP) is 12.0. The topological polar surface area (TPSA) is 0 Å². The van der Waals surface area contributed by atoms with Crippen LogP contribution in [0.3, 0.4) is 0 Å². The molecule has 2 heterocycles. The SMILES string of the molecule is Bc1ccc2c3c(cccc13)-c1c-2c(-c2ccc3sc4ccccc4c3c2)c2ccccc2c1-c1ccc2sc3ccccc3c2c1. The Hall–Kier alpha value is -5.22. The van der Waals surface area contributed by atoms with Crippen LogP contribution in [0, 0.1) is 0 Å². The molecule has 11 rings (SSSR count). The zero-order valence-corrected chi connectivity index (χ0v) is 27.2. The molecule has 8 aromatic carbocycles. The molecule has 216 valence electrons. The van der Waals surface area contributed by atoms with Crippen molar-refractivity contribution in [2.75, 3.05) is 0 Å². The van der Waals surface area contributed by atoms with Crippen LogP contribution in [-0.4, -0.2) is 7.85 Å². The smallest absolute Gasteiger partial charge is 0.135 e. The Morgan fingerprint density at radius 2 is 0.809 bits per heavy atom. The third-order valence-corrected chi connectivity index (χ3v) is 12.6. The zero-order valence-electron chi connectivity index (χ0n) is 25.6. The van der Waals surface area contributed by atoms with E-state index in [1.165, 1.54) is 112 Å². The van der Waals surface area contributed by atoms with Crippen molar-refractivity contribution in [3.8, 4) is 44.5 Å². The molecule has 10 aromatic rings. The van der Waals surface area contributed by atoms with Crippen molar-refractivity contribution >= 4 is 97.9 Å². The first-order chi connectivity index (χ1) is 23.2. The molecule has 0 spiro atoms. The number of thiophene rings is 2. The summed E-state index contributed by atoms with van der Waals surface area (Å²) in [6, 6.07) is 52.7. The number of hydrogen-bond acceptors (Lipinski definition) is 2. The van der Waals surface area contributed by atoms with E-state index in [2.05, 4.69) is 147 Å². The van der Waals surface area contributed by atoms with E-state index < -0.39 is 0 Å². The highest BCUT2D eigenvalue weighted by Crippen LogP contribution is 2.58. The summed E-state index contributed by atoms with van der Waals surface area (Å²) >= 11 is 3.77. The Labute approximate surface area is 280 Å². The highest BCUT2D eigenvalue weighted by Gasteiger charge is 2.31. The molecule has 0 N–H and O–H groups in total. The molecule has 0 fully saturated rings. The third-order valence-electron chi connectivity index (χ3n) is 10.3. The van der Waals surface area contributed by atoms with Crippen molar-refractivity contribution in [1.29, 1.82) is 0 Å². The van der Waals surface area contributed by atoms with E-state index in [1.807, 2.05) is 22.7 Å². The number of hydrogen-bond donors (Lipinski definition) is 0. The lowest BCUT2D eigenvalue weighted by Crippen LogP contribution is -2.02. The van der Waals surface area contributed by atoms with Gasteiger partial charge in [0.15, 0.2) is 0 Å². The van der Waals surface area contributed by atoms with Crippen LogP contribution in [0.1, 0.15) is 0 Å². The van der Waals surface area contributed by atoms with E-state index in [0.717, 1.165) is 0 Å². The summed E-state index contributed by atoms with van der Waals surface area (Å²) in [7, 11) is 2.25. The fourth-order valence-corrected chi connectivity index (χ4v) is 10.5. The number of benzene rings is 8. The minimum Gasteiger partial charge on any atom is -0.135 e. The summed E-state index contributed by atoms with van der Waals surface area (Å²) in [5, 5.41) is 10.7. The van der Waals surface area contributed by atoms with Crippen LogP contribution in [0.4, 0.5) is 0 Å². The number of fused-ring (bicyclic) bond motifs is 10. The van der Waals surface area contributed by atoms with Crippen LogP contribution >= 0.6 is 22.7 Å². The fraction of sp³-hybridized carbons (Fsp3) is 0. The Bertz CT molecular complexity index is 2810. The first-order valence-electron chi connectivity index (χ1n) is 16.2. The van der Waals surface area contributed by atoms with Gasteiger partial charge in [0.1, 0.15) is 7.85 Å². The van der Waals surface area contributed by atoms with Crippen LogP contribution in [-0.2, 0) is 0 Å². The highest BCUT2D eigenvalue weighted by molar-refractivity contribution is 7.26. The third kappa shape index (κ3) is 3.48. The fourth-order valence-electron chi connectivity index (χ4n) is 8.31. The van der Waals surface area contributed by atoms with Crippen molar-refractivity contribution in [3.63, 3.8) is 0 Å². The van der Waals surface area contributed by atoms with Gasteiger partial charge in [0.2, 0.25) is 0 Å². The maximum Gasteiger partial charge on any atom is 0.140 e. The van der Waals surface area contributed by atoms with Gasteiger partial charge >= 0.3 is 0 Å². The van der Waals surface area contributed by atoms with Gasteiger partial charge < -0.3 is 0 Å². The highest BCUT2D eigenvalue weighted by atomic mass is 32.1. The molecule has 0 unspecified atom stereocenters. The van der Waals surface area contributed by atoms with E-state index in [0.29, 0.717) is 0 Å². The normalized spacial score (nSPS) is 12.3. The van der Waals surface area contributed by atoms with Gasteiger partial charge in [0.25, 0.3) is 0 Å². The Balaban J connectivity index is 1.32. The molecule has 0 atom stereocenters. The van der Waals surface area contributed by atoms with Crippen molar-refractivity contribution < 1.29 is 0 Å². The average molecular weight is 629 g/mol. The standard InChI is InChI=1S/C44H25BS2/c45-35-19-18-32-42-30(35)12-7-13-31(42)43-40(24-16-20-38-33(22-24)26-8-3-5-14-36(26)46-38)28-10-1-2-11-29(28)41(44(32)43)25-17-21-39-34(23-25)27-9-4-6-15-37(27)47-39/h1-23H,45H2. The second-order valence-corrected chi connectivity index (χ2v) is 15.0. The maximum atomic E-state index is 2.45. The lowest BCUT2D eigenvalue weighted by Gasteiger charge is -2.20. The van der Waals surface area contributed by atoms with Gasteiger partial charge in [-0.25, -0.2) is 0 Å². The molecule has 0 amide bonds. The molecule has 1 aliphatic carbocycles. The van der Waals surface area contributed by atoms with Crippen molar-refractivity contribution in [2.24, 2.45) is 0 Å². The molecule has 0 saturated heterocycles. The second kappa shape index (κ2) is 9.42. The van der Waals surface area contributed by atoms with E-state index in [1.54, 1.807) is 0 Å². The molecule has 0 radical (unpaired) electrons. The van der Waals surface area contributed by atoms with Gasteiger partial charge in [-0.1, -0.05) is 109 Å². The van der Waals surface area contributed by atoms with Crippen LogP contribution in [0.15, 0.2) is 140 Å². The molecule has 0 bridgehead atoms. The molecule has 3 heteroatoms. The second-order valence-electron chi connectivity index (χ2n) is 12.8. The van der Waals surface area contributed by atoms with Crippen molar-refractivity contribution in [3.05, 3.63) is 140 Å².